The molecule has 1 aromatic rings. The quantitative estimate of drug-likeness (QED) is 0.739. The summed E-state index contributed by atoms with van der Waals surface area (Å²) < 4.78 is 12.1. The lowest BCUT2D eigenvalue weighted by Crippen LogP contribution is -2.42. The van der Waals surface area contributed by atoms with Gasteiger partial charge in [0, 0.05) is 17.6 Å². The molecule has 3 nitrogen and oxygen atoms in total. The van der Waals surface area contributed by atoms with Crippen molar-refractivity contribution in [2.24, 2.45) is 0 Å². The molecule has 1 N–H and O–H groups in total. The van der Waals surface area contributed by atoms with Gasteiger partial charge in [0.25, 0.3) is 0 Å². The summed E-state index contributed by atoms with van der Waals surface area (Å²) in [4.78, 5) is 0. The summed E-state index contributed by atoms with van der Waals surface area (Å²) in [5, 5.41) is 3.54. The Morgan fingerprint density at radius 3 is 2.55 bits per heavy atom. The minimum absolute atomic E-state index is 0.234. The maximum atomic E-state index is 5.67. The van der Waals surface area contributed by atoms with Crippen LogP contribution in [-0.4, -0.2) is 32.9 Å². The Morgan fingerprint density at radius 1 is 1.25 bits per heavy atom. The zero-order valence-electron chi connectivity index (χ0n) is 12.9. The maximum absolute atomic E-state index is 5.67. The van der Waals surface area contributed by atoms with E-state index in [1.807, 2.05) is 12.1 Å². The van der Waals surface area contributed by atoms with Crippen molar-refractivity contribution in [1.82, 2.24) is 5.32 Å². The highest BCUT2D eigenvalue weighted by molar-refractivity contribution is 9.10. The normalized spacial score (nSPS) is 14.1. The zero-order valence-corrected chi connectivity index (χ0v) is 14.5. The van der Waals surface area contributed by atoms with Crippen molar-refractivity contribution in [1.29, 1.82) is 0 Å². The van der Waals surface area contributed by atoms with Crippen LogP contribution in [0.25, 0.3) is 0 Å². The second kappa shape index (κ2) is 9.37. The van der Waals surface area contributed by atoms with E-state index < -0.39 is 0 Å². The molecule has 1 rings (SSSR count). The van der Waals surface area contributed by atoms with E-state index in [1.54, 1.807) is 14.2 Å². The molecule has 0 aliphatic heterocycles. The second-order valence-electron chi connectivity index (χ2n) is 4.89. The summed E-state index contributed by atoms with van der Waals surface area (Å²) in [7, 11) is 3.50. The van der Waals surface area contributed by atoms with Crippen LogP contribution in [0.5, 0.6) is 5.75 Å². The van der Waals surface area contributed by atoms with E-state index in [9.17, 15) is 0 Å². The highest BCUT2D eigenvalue weighted by atomic mass is 79.9. The molecule has 2 atom stereocenters. The lowest BCUT2D eigenvalue weighted by molar-refractivity contribution is 0.0613. The first-order valence-corrected chi connectivity index (χ1v) is 8.04. The third-order valence-corrected chi connectivity index (χ3v) is 4.26. The summed E-state index contributed by atoms with van der Waals surface area (Å²) in [6, 6.07) is 6.41. The van der Waals surface area contributed by atoms with Gasteiger partial charge in [-0.2, -0.15) is 0 Å². The Labute approximate surface area is 131 Å². The van der Waals surface area contributed by atoms with Crippen LogP contribution in [0.15, 0.2) is 22.7 Å². The molecule has 0 fully saturated rings. The van der Waals surface area contributed by atoms with Crippen molar-refractivity contribution in [3.05, 3.63) is 28.2 Å². The van der Waals surface area contributed by atoms with Crippen LogP contribution in [-0.2, 0) is 11.2 Å². The molecule has 20 heavy (non-hydrogen) atoms. The van der Waals surface area contributed by atoms with Gasteiger partial charge in [-0.3, -0.25) is 0 Å². The average Bonchev–Trinajstić information content (AvgIpc) is 2.46. The molecule has 0 saturated carbocycles. The van der Waals surface area contributed by atoms with Crippen LogP contribution in [0.4, 0.5) is 0 Å². The van der Waals surface area contributed by atoms with Gasteiger partial charge in [-0.05, 0) is 43.1 Å². The Bertz CT molecular complexity index is 398. The number of hydrogen-bond donors (Lipinski definition) is 1. The standard InChI is InChI=1S/C16H26BrNO2/c1-5-7-16(20-4)15(18-6-2)11-12-10-13(19-3)8-9-14(12)17/h8-10,15-16,18H,5-7,11H2,1-4H3. The summed E-state index contributed by atoms with van der Waals surface area (Å²) in [5.74, 6) is 0.892. The van der Waals surface area contributed by atoms with E-state index in [-0.39, 0.29) is 6.10 Å². The zero-order chi connectivity index (χ0) is 15.0. The van der Waals surface area contributed by atoms with Crippen molar-refractivity contribution >= 4 is 15.9 Å². The van der Waals surface area contributed by atoms with Gasteiger partial charge < -0.3 is 14.8 Å². The van der Waals surface area contributed by atoms with Gasteiger partial charge in [-0.25, -0.2) is 0 Å². The van der Waals surface area contributed by atoms with Crippen LogP contribution in [0.2, 0.25) is 0 Å². The van der Waals surface area contributed by atoms with Crippen molar-refractivity contribution in [2.45, 2.75) is 45.3 Å². The number of rotatable bonds is 9. The van der Waals surface area contributed by atoms with E-state index in [4.69, 9.17) is 9.47 Å². The smallest absolute Gasteiger partial charge is 0.119 e. The molecule has 2 unspecified atom stereocenters. The minimum Gasteiger partial charge on any atom is -0.497 e. The van der Waals surface area contributed by atoms with Crippen LogP contribution in [0.3, 0.4) is 0 Å². The number of nitrogens with one attached hydrogen (secondary N) is 1. The Kier molecular flexibility index (Phi) is 8.19. The molecule has 0 spiro atoms. The highest BCUT2D eigenvalue weighted by Gasteiger charge is 2.21. The molecule has 0 radical (unpaired) electrons. The molecular formula is C16H26BrNO2. The van der Waals surface area contributed by atoms with Crippen molar-refractivity contribution in [3.8, 4) is 5.75 Å². The maximum Gasteiger partial charge on any atom is 0.119 e. The molecule has 0 heterocycles. The van der Waals surface area contributed by atoms with Gasteiger partial charge in [0.05, 0.1) is 13.2 Å². The number of methoxy groups -OCH3 is 2. The molecular weight excluding hydrogens is 318 g/mol. The molecule has 1 aromatic carbocycles. The first-order valence-electron chi connectivity index (χ1n) is 7.24. The van der Waals surface area contributed by atoms with Crippen LogP contribution in [0, 0.1) is 0 Å². The predicted molar refractivity (Wildman–Crippen MR) is 87.6 cm³/mol. The second-order valence-corrected chi connectivity index (χ2v) is 5.74. The van der Waals surface area contributed by atoms with Gasteiger partial charge >= 0.3 is 0 Å². The van der Waals surface area contributed by atoms with E-state index in [2.05, 4.69) is 41.2 Å². The van der Waals surface area contributed by atoms with Gasteiger partial charge in [-0.15, -0.1) is 0 Å². The van der Waals surface area contributed by atoms with Gasteiger partial charge in [-0.1, -0.05) is 36.2 Å². The van der Waals surface area contributed by atoms with E-state index >= 15 is 0 Å². The fraction of sp³-hybridized carbons (Fsp3) is 0.625. The summed E-state index contributed by atoms with van der Waals surface area (Å²) in [6.45, 7) is 5.26. The topological polar surface area (TPSA) is 30.5 Å². The van der Waals surface area contributed by atoms with E-state index in [1.165, 1.54) is 5.56 Å². The molecule has 4 heteroatoms. The Balaban J connectivity index is 2.88. The van der Waals surface area contributed by atoms with Crippen molar-refractivity contribution in [3.63, 3.8) is 0 Å². The Hall–Kier alpha value is -0.580. The number of hydrogen-bond acceptors (Lipinski definition) is 3. The SMILES string of the molecule is CCCC(OC)C(Cc1cc(OC)ccc1Br)NCC. The minimum atomic E-state index is 0.234. The van der Waals surface area contributed by atoms with Crippen LogP contribution < -0.4 is 10.1 Å². The first-order chi connectivity index (χ1) is 9.65. The fourth-order valence-corrected chi connectivity index (χ4v) is 2.84. The Morgan fingerprint density at radius 2 is 2.00 bits per heavy atom. The molecule has 0 bridgehead atoms. The number of benzene rings is 1. The van der Waals surface area contributed by atoms with E-state index in [0.717, 1.165) is 36.0 Å². The lowest BCUT2D eigenvalue weighted by Gasteiger charge is -2.27. The van der Waals surface area contributed by atoms with E-state index in [0.29, 0.717) is 6.04 Å². The number of ether oxygens (including phenoxy) is 2. The third kappa shape index (κ3) is 5.08. The van der Waals surface area contributed by atoms with Crippen LogP contribution in [0.1, 0.15) is 32.3 Å². The molecule has 0 aromatic heterocycles. The number of halogens is 1. The monoisotopic (exact) mass is 343 g/mol. The van der Waals surface area contributed by atoms with Gasteiger partial charge in [0.15, 0.2) is 0 Å². The summed E-state index contributed by atoms with van der Waals surface area (Å²) in [5.41, 5.74) is 1.24. The number of likely N-dealkylation sites (N-methyl/N-ethyl adjacent to an activating group) is 1. The van der Waals surface area contributed by atoms with Crippen LogP contribution >= 0.6 is 15.9 Å². The summed E-state index contributed by atoms with van der Waals surface area (Å²) >= 11 is 3.63. The molecule has 0 aliphatic rings. The largest absolute Gasteiger partial charge is 0.497 e. The average molecular weight is 344 g/mol. The molecule has 0 saturated heterocycles. The third-order valence-electron chi connectivity index (χ3n) is 3.48. The van der Waals surface area contributed by atoms with Crippen molar-refractivity contribution < 1.29 is 9.47 Å². The van der Waals surface area contributed by atoms with Gasteiger partial charge in [0.2, 0.25) is 0 Å². The van der Waals surface area contributed by atoms with Crippen molar-refractivity contribution in [2.75, 3.05) is 20.8 Å². The summed E-state index contributed by atoms with van der Waals surface area (Å²) in [6.07, 6.45) is 3.34. The molecule has 0 aliphatic carbocycles. The molecule has 114 valence electrons. The fourth-order valence-electron chi connectivity index (χ4n) is 2.44. The predicted octanol–water partition coefficient (Wildman–Crippen LogP) is 3.79. The lowest BCUT2D eigenvalue weighted by atomic mass is 9.98. The first kappa shape index (κ1) is 17.5. The van der Waals surface area contributed by atoms with Gasteiger partial charge in [0.1, 0.15) is 5.75 Å². The highest BCUT2D eigenvalue weighted by Crippen LogP contribution is 2.25. The molecule has 0 amide bonds.